The number of nitrogens with one attached hydrogen (secondary N) is 1. The SMILES string of the molecule is Cc1ccc(NC(N)=NCCC2CCCCC2)cc1. The zero-order valence-corrected chi connectivity index (χ0v) is 11.9. The van der Waals surface area contributed by atoms with E-state index >= 15 is 0 Å². The van der Waals surface area contributed by atoms with Crippen LogP contribution in [0.25, 0.3) is 0 Å². The number of rotatable bonds is 4. The van der Waals surface area contributed by atoms with E-state index in [1.54, 1.807) is 0 Å². The minimum absolute atomic E-state index is 0.527. The molecule has 2 rings (SSSR count). The first kappa shape index (κ1) is 13.9. The Bertz CT molecular complexity index is 403. The van der Waals surface area contributed by atoms with Gasteiger partial charge in [0.15, 0.2) is 5.96 Å². The Labute approximate surface area is 116 Å². The zero-order valence-electron chi connectivity index (χ0n) is 11.9. The second-order valence-electron chi connectivity index (χ2n) is 5.55. The Balaban J connectivity index is 1.74. The predicted molar refractivity (Wildman–Crippen MR) is 82.5 cm³/mol. The molecule has 0 amide bonds. The van der Waals surface area contributed by atoms with Crippen molar-refractivity contribution < 1.29 is 0 Å². The average Bonchev–Trinajstić information content (AvgIpc) is 2.43. The highest BCUT2D eigenvalue weighted by Crippen LogP contribution is 2.26. The van der Waals surface area contributed by atoms with Crippen molar-refractivity contribution in [2.24, 2.45) is 16.6 Å². The third-order valence-electron chi connectivity index (χ3n) is 3.87. The van der Waals surface area contributed by atoms with Crippen molar-refractivity contribution in [3.63, 3.8) is 0 Å². The van der Waals surface area contributed by atoms with Gasteiger partial charge in [-0.1, -0.05) is 49.8 Å². The van der Waals surface area contributed by atoms with Gasteiger partial charge in [-0.05, 0) is 31.4 Å². The largest absolute Gasteiger partial charge is 0.370 e. The average molecular weight is 259 g/mol. The molecular formula is C16H25N3. The Hall–Kier alpha value is -1.51. The number of aliphatic imine (C=N–C) groups is 1. The number of aryl methyl sites for hydroxylation is 1. The molecule has 3 N–H and O–H groups in total. The minimum Gasteiger partial charge on any atom is -0.370 e. The number of guanidine groups is 1. The lowest BCUT2D eigenvalue weighted by Crippen LogP contribution is -2.23. The molecule has 0 unspecified atom stereocenters. The smallest absolute Gasteiger partial charge is 0.193 e. The van der Waals surface area contributed by atoms with Gasteiger partial charge in [0.1, 0.15) is 0 Å². The number of benzene rings is 1. The fourth-order valence-electron chi connectivity index (χ4n) is 2.67. The van der Waals surface area contributed by atoms with Crippen LogP contribution >= 0.6 is 0 Å². The van der Waals surface area contributed by atoms with E-state index in [1.807, 2.05) is 12.1 Å². The number of nitrogens with zero attached hydrogens (tertiary/aromatic N) is 1. The number of anilines is 1. The third kappa shape index (κ3) is 4.93. The summed E-state index contributed by atoms with van der Waals surface area (Å²) in [5.41, 5.74) is 8.15. The van der Waals surface area contributed by atoms with Gasteiger partial charge < -0.3 is 11.1 Å². The van der Waals surface area contributed by atoms with Crippen LogP contribution in [-0.4, -0.2) is 12.5 Å². The van der Waals surface area contributed by atoms with Gasteiger partial charge in [0.2, 0.25) is 0 Å². The molecule has 1 aliphatic carbocycles. The Morgan fingerprint density at radius 2 is 1.89 bits per heavy atom. The van der Waals surface area contributed by atoms with Gasteiger partial charge in [0.25, 0.3) is 0 Å². The van der Waals surface area contributed by atoms with E-state index in [9.17, 15) is 0 Å². The van der Waals surface area contributed by atoms with Crippen molar-refractivity contribution in [1.29, 1.82) is 0 Å². The lowest BCUT2D eigenvalue weighted by molar-refractivity contribution is 0.343. The maximum absolute atomic E-state index is 5.90. The summed E-state index contributed by atoms with van der Waals surface area (Å²) in [4.78, 5) is 4.42. The molecule has 0 spiro atoms. The summed E-state index contributed by atoms with van der Waals surface area (Å²) in [6.45, 7) is 2.92. The normalized spacial score (nSPS) is 17.4. The summed E-state index contributed by atoms with van der Waals surface area (Å²) in [5, 5.41) is 3.13. The Kier molecular flexibility index (Phi) is 5.25. The fraction of sp³-hybridized carbons (Fsp3) is 0.562. The molecule has 1 aromatic carbocycles. The second-order valence-corrected chi connectivity index (χ2v) is 5.55. The molecule has 0 aromatic heterocycles. The van der Waals surface area contributed by atoms with Gasteiger partial charge in [-0.15, -0.1) is 0 Å². The van der Waals surface area contributed by atoms with Crippen LogP contribution in [0.3, 0.4) is 0 Å². The lowest BCUT2D eigenvalue weighted by atomic mass is 9.87. The van der Waals surface area contributed by atoms with E-state index in [0.717, 1.165) is 18.2 Å². The van der Waals surface area contributed by atoms with E-state index in [-0.39, 0.29) is 0 Å². The van der Waals surface area contributed by atoms with Gasteiger partial charge in [-0.3, -0.25) is 4.99 Å². The summed E-state index contributed by atoms with van der Waals surface area (Å²) >= 11 is 0. The highest BCUT2D eigenvalue weighted by molar-refractivity contribution is 5.92. The van der Waals surface area contributed by atoms with Crippen molar-refractivity contribution in [3.05, 3.63) is 29.8 Å². The van der Waals surface area contributed by atoms with Gasteiger partial charge in [-0.2, -0.15) is 0 Å². The first-order valence-corrected chi connectivity index (χ1v) is 7.37. The summed E-state index contributed by atoms with van der Waals surface area (Å²) in [6.07, 6.45) is 8.13. The topological polar surface area (TPSA) is 50.4 Å². The van der Waals surface area contributed by atoms with Crippen molar-refractivity contribution in [2.75, 3.05) is 11.9 Å². The van der Waals surface area contributed by atoms with Gasteiger partial charge >= 0.3 is 0 Å². The molecule has 3 nitrogen and oxygen atoms in total. The Morgan fingerprint density at radius 1 is 1.21 bits per heavy atom. The van der Waals surface area contributed by atoms with Crippen LogP contribution in [0.15, 0.2) is 29.3 Å². The molecule has 0 atom stereocenters. The molecule has 104 valence electrons. The standard InChI is InChI=1S/C16H25N3/c1-13-7-9-15(10-8-13)19-16(17)18-12-11-14-5-3-2-4-6-14/h7-10,14H,2-6,11-12H2,1H3,(H3,17,18,19). The first-order valence-electron chi connectivity index (χ1n) is 7.37. The van der Waals surface area contributed by atoms with Crippen LogP contribution in [0.4, 0.5) is 5.69 Å². The zero-order chi connectivity index (χ0) is 13.5. The monoisotopic (exact) mass is 259 g/mol. The van der Waals surface area contributed by atoms with Gasteiger partial charge in [0.05, 0.1) is 0 Å². The summed E-state index contributed by atoms with van der Waals surface area (Å²) in [6, 6.07) is 8.19. The van der Waals surface area contributed by atoms with Crippen molar-refractivity contribution in [2.45, 2.75) is 45.4 Å². The molecule has 0 heterocycles. The van der Waals surface area contributed by atoms with Gasteiger partial charge in [0, 0.05) is 12.2 Å². The maximum Gasteiger partial charge on any atom is 0.193 e. The molecule has 0 aliphatic heterocycles. The molecule has 19 heavy (non-hydrogen) atoms. The molecule has 1 aromatic rings. The van der Waals surface area contributed by atoms with Crippen molar-refractivity contribution in [1.82, 2.24) is 0 Å². The molecular weight excluding hydrogens is 234 g/mol. The second kappa shape index (κ2) is 7.17. The Morgan fingerprint density at radius 3 is 2.58 bits per heavy atom. The van der Waals surface area contributed by atoms with Crippen LogP contribution in [0, 0.1) is 12.8 Å². The molecule has 0 radical (unpaired) electrons. The molecule has 1 fully saturated rings. The number of hydrogen-bond donors (Lipinski definition) is 2. The summed E-state index contributed by atoms with van der Waals surface area (Å²) < 4.78 is 0. The summed E-state index contributed by atoms with van der Waals surface area (Å²) in [7, 11) is 0. The molecule has 1 saturated carbocycles. The minimum atomic E-state index is 0.527. The molecule has 1 aliphatic rings. The summed E-state index contributed by atoms with van der Waals surface area (Å²) in [5.74, 6) is 1.39. The van der Waals surface area contributed by atoms with Crippen LogP contribution in [0.5, 0.6) is 0 Å². The maximum atomic E-state index is 5.90. The van der Waals surface area contributed by atoms with E-state index in [2.05, 4.69) is 29.4 Å². The van der Waals surface area contributed by atoms with Crippen LogP contribution in [-0.2, 0) is 0 Å². The van der Waals surface area contributed by atoms with Crippen LogP contribution < -0.4 is 11.1 Å². The van der Waals surface area contributed by atoms with Crippen LogP contribution in [0.2, 0.25) is 0 Å². The van der Waals surface area contributed by atoms with E-state index in [4.69, 9.17) is 5.73 Å². The predicted octanol–water partition coefficient (Wildman–Crippen LogP) is 3.69. The first-order chi connectivity index (χ1) is 9.24. The van der Waals surface area contributed by atoms with E-state index in [1.165, 1.54) is 44.1 Å². The highest BCUT2D eigenvalue weighted by Gasteiger charge is 2.12. The fourth-order valence-corrected chi connectivity index (χ4v) is 2.67. The molecule has 0 saturated heterocycles. The highest BCUT2D eigenvalue weighted by atomic mass is 15.1. The lowest BCUT2D eigenvalue weighted by Gasteiger charge is -2.20. The van der Waals surface area contributed by atoms with E-state index < -0.39 is 0 Å². The van der Waals surface area contributed by atoms with Crippen LogP contribution in [0.1, 0.15) is 44.1 Å². The quantitative estimate of drug-likeness (QED) is 0.640. The van der Waals surface area contributed by atoms with Crippen molar-refractivity contribution in [3.8, 4) is 0 Å². The van der Waals surface area contributed by atoms with E-state index in [0.29, 0.717) is 5.96 Å². The van der Waals surface area contributed by atoms with Crippen molar-refractivity contribution >= 4 is 11.6 Å². The molecule has 0 bridgehead atoms. The van der Waals surface area contributed by atoms with Gasteiger partial charge in [-0.25, -0.2) is 0 Å². The number of nitrogens with two attached hydrogens (primary N) is 1. The third-order valence-corrected chi connectivity index (χ3v) is 3.87. The molecule has 3 heteroatoms. The number of hydrogen-bond acceptors (Lipinski definition) is 1.